The van der Waals surface area contributed by atoms with Crippen molar-refractivity contribution in [3.05, 3.63) is 11.8 Å². The topological polar surface area (TPSA) is 26.3 Å². The third-order valence-corrected chi connectivity index (χ3v) is 4.22. The van der Waals surface area contributed by atoms with E-state index < -0.39 is 0 Å². The number of esters is 1. The van der Waals surface area contributed by atoms with Gasteiger partial charge < -0.3 is 4.74 Å². The number of ether oxygens (including phenoxy) is 1. The van der Waals surface area contributed by atoms with Crippen molar-refractivity contribution in [1.82, 2.24) is 0 Å². The number of carbonyl (C=O) groups excluding carboxylic acids is 1. The summed E-state index contributed by atoms with van der Waals surface area (Å²) < 4.78 is 5.26. The van der Waals surface area contributed by atoms with Crippen molar-refractivity contribution >= 4 is 5.97 Å². The lowest BCUT2D eigenvalue weighted by Gasteiger charge is -2.57. The number of carbonyl (C=O) groups is 1. The standard InChI is InChI=1S/C12H18O2/c1-4-12(3)9-5-6-11(10(12)7-9)14-8(2)13/h6,9-10H,4-5,7H2,1-3H3/t9-,10?,12?/m1/s1. The van der Waals surface area contributed by atoms with E-state index in [2.05, 4.69) is 19.9 Å². The Balaban J connectivity index is 2.15. The van der Waals surface area contributed by atoms with Crippen LogP contribution in [0, 0.1) is 17.3 Å². The number of hydrogen-bond donors (Lipinski definition) is 0. The van der Waals surface area contributed by atoms with Crippen LogP contribution in [0.15, 0.2) is 11.8 Å². The summed E-state index contributed by atoms with van der Waals surface area (Å²) in [5.74, 6) is 2.07. The molecule has 78 valence electrons. The number of fused-ring (bicyclic) bond motifs is 1. The zero-order valence-electron chi connectivity index (χ0n) is 9.17. The monoisotopic (exact) mass is 194 g/mol. The number of rotatable bonds is 2. The summed E-state index contributed by atoms with van der Waals surface area (Å²) in [4.78, 5) is 10.9. The summed E-state index contributed by atoms with van der Waals surface area (Å²) in [5.41, 5.74) is 0.388. The van der Waals surface area contributed by atoms with Gasteiger partial charge in [-0.15, -0.1) is 0 Å². The minimum Gasteiger partial charge on any atom is -0.431 e. The molecule has 1 fully saturated rings. The van der Waals surface area contributed by atoms with Crippen LogP contribution in [0.5, 0.6) is 0 Å². The number of hydrogen-bond acceptors (Lipinski definition) is 2. The van der Waals surface area contributed by atoms with Crippen LogP contribution in [0.2, 0.25) is 0 Å². The van der Waals surface area contributed by atoms with Gasteiger partial charge in [-0.2, -0.15) is 0 Å². The molecule has 14 heavy (non-hydrogen) atoms. The van der Waals surface area contributed by atoms with E-state index in [4.69, 9.17) is 4.74 Å². The molecule has 2 nitrogen and oxygen atoms in total. The lowest BCUT2D eigenvalue weighted by molar-refractivity contribution is -0.143. The summed E-state index contributed by atoms with van der Waals surface area (Å²) in [6.07, 6.45) is 5.59. The fourth-order valence-electron chi connectivity index (χ4n) is 2.97. The predicted octanol–water partition coefficient (Wildman–Crippen LogP) is 2.89. The lowest BCUT2D eigenvalue weighted by Crippen LogP contribution is -2.50. The molecule has 3 rings (SSSR count). The van der Waals surface area contributed by atoms with E-state index >= 15 is 0 Å². The van der Waals surface area contributed by atoms with Gasteiger partial charge in [0.2, 0.25) is 0 Å². The van der Waals surface area contributed by atoms with Crippen molar-refractivity contribution in [2.24, 2.45) is 17.3 Å². The lowest BCUT2D eigenvalue weighted by atomic mass is 9.48. The molecule has 0 N–H and O–H groups in total. The van der Waals surface area contributed by atoms with Crippen molar-refractivity contribution < 1.29 is 9.53 Å². The second kappa shape index (κ2) is 3.11. The van der Waals surface area contributed by atoms with Gasteiger partial charge >= 0.3 is 5.97 Å². The van der Waals surface area contributed by atoms with Gasteiger partial charge in [0, 0.05) is 12.8 Å². The maximum Gasteiger partial charge on any atom is 0.307 e. The quantitative estimate of drug-likeness (QED) is 0.632. The molecule has 0 saturated heterocycles. The average molecular weight is 194 g/mol. The van der Waals surface area contributed by atoms with Gasteiger partial charge in [-0.25, -0.2) is 0 Å². The SMILES string of the molecule is CCC1(C)C2C[C@H]1CC=C2OC(C)=O. The van der Waals surface area contributed by atoms with Crippen molar-refractivity contribution in [2.75, 3.05) is 0 Å². The van der Waals surface area contributed by atoms with Crippen LogP contribution in [0.4, 0.5) is 0 Å². The van der Waals surface area contributed by atoms with Crippen LogP contribution in [0.3, 0.4) is 0 Å². The maximum absolute atomic E-state index is 10.9. The van der Waals surface area contributed by atoms with E-state index in [1.807, 2.05) is 0 Å². The zero-order chi connectivity index (χ0) is 10.3. The summed E-state index contributed by atoms with van der Waals surface area (Å²) in [5, 5.41) is 0. The summed E-state index contributed by atoms with van der Waals surface area (Å²) >= 11 is 0. The molecule has 0 aliphatic heterocycles. The first-order valence-electron chi connectivity index (χ1n) is 5.46. The van der Waals surface area contributed by atoms with E-state index in [0.29, 0.717) is 11.3 Å². The fraction of sp³-hybridized carbons (Fsp3) is 0.750. The molecule has 0 aromatic heterocycles. The molecular formula is C12H18O2. The molecule has 0 radical (unpaired) electrons. The van der Waals surface area contributed by atoms with E-state index in [9.17, 15) is 4.79 Å². The highest BCUT2D eigenvalue weighted by atomic mass is 16.5. The second-order valence-electron chi connectivity index (χ2n) is 4.78. The molecule has 0 heterocycles. The van der Waals surface area contributed by atoms with Gasteiger partial charge in [0.05, 0.1) is 0 Å². The second-order valence-corrected chi connectivity index (χ2v) is 4.78. The zero-order valence-corrected chi connectivity index (χ0v) is 9.17. The highest BCUT2D eigenvalue weighted by Crippen LogP contribution is 2.61. The van der Waals surface area contributed by atoms with Gasteiger partial charge in [0.1, 0.15) is 5.76 Å². The van der Waals surface area contributed by atoms with E-state index in [0.717, 1.165) is 18.1 Å². The Bertz CT molecular complexity index is 293. The fourth-order valence-corrected chi connectivity index (χ4v) is 2.97. The van der Waals surface area contributed by atoms with Crippen LogP contribution < -0.4 is 0 Å². The van der Waals surface area contributed by atoms with Gasteiger partial charge in [0.25, 0.3) is 0 Å². The van der Waals surface area contributed by atoms with Crippen LogP contribution in [-0.2, 0) is 9.53 Å². The average Bonchev–Trinajstić information content (AvgIpc) is 2.15. The molecule has 2 unspecified atom stereocenters. The van der Waals surface area contributed by atoms with Crippen LogP contribution in [-0.4, -0.2) is 5.97 Å². The smallest absolute Gasteiger partial charge is 0.307 e. The third kappa shape index (κ3) is 1.20. The molecule has 3 aliphatic carbocycles. The molecule has 1 saturated carbocycles. The Morgan fingerprint density at radius 1 is 1.71 bits per heavy atom. The minimum absolute atomic E-state index is 0.181. The molecular weight excluding hydrogens is 176 g/mol. The predicted molar refractivity (Wildman–Crippen MR) is 54.5 cm³/mol. The number of allylic oxidation sites excluding steroid dienone is 2. The first-order valence-corrected chi connectivity index (χ1v) is 5.46. The van der Waals surface area contributed by atoms with Crippen molar-refractivity contribution in [3.8, 4) is 0 Å². The van der Waals surface area contributed by atoms with Gasteiger partial charge in [-0.05, 0) is 36.7 Å². The highest BCUT2D eigenvalue weighted by Gasteiger charge is 2.54. The van der Waals surface area contributed by atoms with Gasteiger partial charge in [-0.3, -0.25) is 4.79 Å². The van der Waals surface area contributed by atoms with Crippen molar-refractivity contribution in [2.45, 2.75) is 40.0 Å². The first kappa shape index (κ1) is 9.75. The van der Waals surface area contributed by atoms with E-state index in [-0.39, 0.29) is 5.97 Å². The Kier molecular flexibility index (Phi) is 2.17. The molecule has 0 aromatic carbocycles. The normalized spacial score (nSPS) is 39.8. The molecule has 3 aliphatic rings. The van der Waals surface area contributed by atoms with Crippen LogP contribution >= 0.6 is 0 Å². The van der Waals surface area contributed by atoms with Crippen molar-refractivity contribution in [1.29, 1.82) is 0 Å². The molecule has 2 heteroatoms. The highest BCUT2D eigenvalue weighted by molar-refractivity contribution is 5.67. The maximum atomic E-state index is 10.9. The van der Waals surface area contributed by atoms with Crippen LogP contribution in [0.1, 0.15) is 40.0 Å². The molecule has 0 aromatic rings. The van der Waals surface area contributed by atoms with Crippen molar-refractivity contribution in [3.63, 3.8) is 0 Å². The minimum atomic E-state index is -0.181. The first-order chi connectivity index (χ1) is 6.58. The Labute approximate surface area is 85.3 Å². The molecule has 2 bridgehead atoms. The molecule has 0 amide bonds. The molecule has 3 atom stereocenters. The third-order valence-electron chi connectivity index (χ3n) is 4.22. The Hall–Kier alpha value is -0.790. The van der Waals surface area contributed by atoms with Gasteiger partial charge in [-0.1, -0.05) is 13.8 Å². The Morgan fingerprint density at radius 3 is 2.93 bits per heavy atom. The Morgan fingerprint density at radius 2 is 2.43 bits per heavy atom. The largest absolute Gasteiger partial charge is 0.431 e. The van der Waals surface area contributed by atoms with E-state index in [1.54, 1.807) is 0 Å². The summed E-state index contributed by atoms with van der Waals surface area (Å²) in [6, 6.07) is 0. The summed E-state index contributed by atoms with van der Waals surface area (Å²) in [7, 11) is 0. The van der Waals surface area contributed by atoms with Gasteiger partial charge in [0.15, 0.2) is 0 Å². The van der Waals surface area contributed by atoms with Crippen LogP contribution in [0.25, 0.3) is 0 Å². The summed E-state index contributed by atoms with van der Waals surface area (Å²) in [6.45, 7) is 6.03. The molecule has 0 spiro atoms. The van der Waals surface area contributed by atoms with E-state index in [1.165, 1.54) is 19.8 Å².